The Morgan fingerprint density at radius 3 is 2.48 bits per heavy atom. The van der Waals surface area contributed by atoms with Crippen molar-refractivity contribution < 1.29 is 28.3 Å². The quantitative estimate of drug-likeness (QED) is 0.587. The van der Waals surface area contributed by atoms with Crippen LogP contribution in [0.15, 0.2) is 42.5 Å². The molecule has 2 N–H and O–H groups in total. The molecule has 0 aliphatic carbocycles. The first kappa shape index (κ1) is 20.2. The van der Waals surface area contributed by atoms with Crippen LogP contribution < -0.4 is 15.3 Å². The highest BCUT2D eigenvalue weighted by atomic mass is 19.1. The van der Waals surface area contributed by atoms with E-state index in [1.807, 2.05) is 6.92 Å². The highest BCUT2D eigenvalue weighted by molar-refractivity contribution is 6.08. The molecule has 0 unspecified atom stereocenters. The predicted octanol–water partition coefficient (Wildman–Crippen LogP) is 3.08. The number of fused-ring (bicyclic) bond motifs is 1. The van der Waals surface area contributed by atoms with Crippen LogP contribution in [-0.4, -0.2) is 30.3 Å². The number of carbonyl (C=O) groups is 2. The maximum atomic E-state index is 13.1. The standard InChI is InChI=1S/C21H21FN2O5/c1-3-10-29-24-17-11-14(19(23)25)6-9-16(17)18(21(26)27-2)20(24)28-12-13-4-7-15(22)8-5-13/h4-9,11H,3,10,12H2,1-2H3,(H2,23,25). The number of primary amides is 1. The molecule has 0 fully saturated rings. The van der Waals surface area contributed by atoms with E-state index in [1.54, 1.807) is 18.2 Å². The van der Waals surface area contributed by atoms with Crippen LogP contribution in [0.2, 0.25) is 0 Å². The van der Waals surface area contributed by atoms with Crippen LogP contribution in [0.5, 0.6) is 5.88 Å². The Hall–Kier alpha value is -3.55. The Bertz CT molecular complexity index is 1040. The lowest BCUT2D eigenvalue weighted by molar-refractivity contribution is 0.0579. The SMILES string of the molecule is CCCOn1c(OCc2ccc(F)cc2)c(C(=O)OC)c2ccc(C(N)=O)cc21. The first-order valence-electron chi connectivity index (χ1n) is 9.03. The number of carbonyl (C=O) groups excluding carboxylic acids is 2. The van der Waals surface area contributed by atoms with Gasteiger partial charge in [-0.15, -0.1) is 4.73 Å². The Balaban J connectivity index is 2.13. The van der Waals surface area contributed by atoms with Gasteiger partial charge in [0.15, 0.2) is 0 Å². The zero-order valence-corrected chi connectivity index (χ0v) is 16.1. The number of ether oxygens (including phenoxy) is 2. The van der Waals surface area contributed by atoms with Gasteiger partial charge in [-0.2, -0.15) is 0 Å². The third-order valence-corrected chi connectivity index (χ3v) is 4.27. The third-order valence-electron chi connectivity index (χ3n) is 4.27. The van der Waals surface area contributed by atoms with Crippen LogP contribution in [0.1, 0.15) is 39.6 Å². The molecular weight excluding hydrogens is 379 g/mol. The fourth-order valence-electron chi connectivity index (χ4n) is 2.86. The van der Waals surface area contributed by atoms with Crippen molar-refractivity contribution in [2.45, 2.75) is 20.0 Å². The molecule has 3 aromatic rings. The molecule has 8 heteroatoms. The first-order valence-corrected chi connectivity index (χ1v) is 9.03. The van der Waals surface area contributed by atoms with Crippen LogP contribution in [0.4, 0.5) is 4.39 Å². The highest BCUT2D eigenvalue weighted by Gasteiger charge is 2.27. The van der Waals surface area contributed by atoms with Gasteiger partial charge in [-0.05, 0) is 36.2 Å². The predicted molar refractivity (Wildman–Crippen MR) is 104 cm³/mol. The highest BCUT2D eigenvalue weighted by Crippen LogP contribution is 2.33. The number of methoxy groups -OCH3 is 1. The second-order valence-corrected chi connectivity index (χ2v) is 6.31. The number of aromatic nitrogens is 1. The summed E-state index contributed by atoms with van der Waals surface area (Å²) in [6.07, 6.45) is 0.708. The average molecular weight is 400 g/mol. The Morgan fingerprint density at radius 2 is 1.86 bits per heavy atom. The molecule has 0 saturated carbocycles. The minimum absolute atomic E-state index is 0.0682. The molecule has 7 nitrogen and oxygen atoms in total. The van der Waals surface area contributed by atoms with Crippen LogP contribution in [0.25, 0.3) is 10.9 Å². The first-order chi connectivity index (χ1) is 14.0. The fourth-order valence-corrected chi connectivity index (χ4v) is 2.86. The van der Waals surface area contributed by atoms with E-state index in [9.17, 15) is 14.0 Å². The van der Waals surface area contributed by atoms with E-state index in [2.05, 4.69) is 0 Å². The number of esters is 1. The van der Waals surface area contributed by atoms with Crippen molar-refractivity contribution in [1.29, 1.82) is 0 Å². The summed E-state index contributed by atoms with van der Waals surface area (Å²) in [5.74, 6) is -1.45. The summed E-state index contributed by atoms with van der Waals surface area (Å²) in [5.41, 5.74) is 6.97. The van der Waals surface area contributed by atoms with Gasteiger partial charge in [-0.25, -0.2) is 9.18 Å². The van der Waals surface area contributed by atoms with Crippen LogP contribution in [0.3, 0.4) is 0 Å². The van der Waals surface area contributed by atoms with Crippen molar-refractivity contribution >= 4 is 22.8 Å². The van der Waals surface area contributed by atoms with E-state index in [-0.39, 0.29) is 29.4 Å². The van der Waals surface area contributed by atoms with Gasteiger partial charge in [0.2, 0.25) is 11.8 Å². The number of rotatable bonds is 8. The molecule has 0 radical (unpaired) electrons. The van der Waals surface area contributed by atoms with Crippen molar-refractivity contribution in [1.82, 2.24) is 4.73 Å². The van der Waals surface area contributed by atoms with Crippen LogP contribution in [-0.2, 0) is 11.3 Å². The lowest BCUT2D eigenvalue weighted by Crippen LogP contribution is -2.16. The minimum Gasteiger partial charge on any atom is -0.471 e. The normalized spacial score (nSPS) is 10.7. The van der Waals surface area contributed by atoms with E-state index < -0.39 is 11.9 Å². The summed E-state index contributed by atoms with van der Waals surface area (Å²) in [5, 5.41) is 0.493. The second kappa shape index (κ2) is 8.64. The maximum absolute atomic E-state index is 13.1. The monoisotopic (exact) mass is 400 g/mol. The van der Waals surface area contributed by atoms with Gasteiger partial charge in [0.1, 0.15) is 24.6 Å². The molecule has 1 heterocycles. The van der Waals surface area contributed by atoms with Crippen LogP contribution >= 0.6 is 0 Å². The molecule has 1 aromatic heterocycles. The number of amides is 1. The average Bonchev–Trinajstić information content (AvgIpc) is 3.03. The fraction of sp³-hybridized carbons (Fsp3) is 0.238. The Morgan fingerprint density at radius 1 is 1.14 bits per heavy atom. The molecule has 0 aliphatic rings. The van der Waals surface area contributed by atoms with Crippen molar-refractivity contribution in [3.8, 4) is 5.88 Å². The molecule has 152 valence electrons. The molecule has 0 aliphatic heterocycles. The summed E-state index contributed by atoms with van der Waals surface area (Å²) >= 11 is 0. The molecule has 3 rings (SSSR count). The lowest BCUT2D eigenvalue weighted by Gasteiger charge is -2.13. The van der Waals surface area contributed by atoms with Crippen LogP contribution in [0, 0.1) is 5.82 Å². The van der Waals surface area contributed by atoms with Gasteiger partial charge >= 0.3 is 5.97 Å². The Kier molecular flexibility index (Phi) is 6.01. The number of nitrogens with two attached hydrogens (primary N) is 1. The van der Waals surface area contributed by atoms with E-state index in [0.29, 0.717) is 29.5 Å². The summed E-state index contributed by atoms with van der Waals surface area (Å²) < 4.78 is 25.3. The van der Waals surface area contributed by atoms with Gasteiger partial charge in [-0.1, -0.05) is 25.1 Å². The van der Waals surface area contributed by atoms with Crippen molar-refractivity contribution in [3.05, 3.63) is 65.0 Å². The van der Waals surface area contributed by atoms with Gasteiger partial charge in [0.25, 0.3) is 0 Å². The molecular formula is C21H21FN2O5. The third kappa shape index (κ3) is 4.16. The number of benzene rings is 2. The molecule has 2 aromatic carbocycles. The van der Waals surface area contributed by atoms with Gasteiger partial charge < -0.3 is 20.0 Å². The molecule has 0 saturated heterocycles. The Labute approximate surface area is 166 Å². The summed E-state index contributed by atoms with van der Waals surface area (Å²) in [6, 6.07) is 10.5. The molecule has 29 heavy (non-hydrogen) atoms. The van der Waals surface area contributed by atoms with Gasteiger partial charge in [0.05, 0.1) is 12.6 Å². The molecule has 0 bridgehead atoms. The van der Waals surface area contributed by atoms with Gasteiger partial charge in [-0.3, -0.25) is 4.79 Å². The van der Waals surface area contributed by atoms with Gasteiger partial charge in [0, 0.05) is 10.9 Å². The topological polar surface area (TPSA) is 92.8 Å². The maximum Gasteiger partial charge on any atom is 0.344 e. The number of nitrogens with zero attached hydrogens (tertiary/aromatic N) is 1. The smallest absolute Gasteiger partial charge is 0.344 e. The van der Waals surface area contributed by atoms with Crippen molar-refractivity contribution in [2.75, 3.05) is 13.7 Å². The summed E-state index contributed by atoms with van der Waals surface area (Å²) in [7, 11) is 1.26. The van der Waals surface area contributed by atoms with Crippen molar-refractivity contribution in [2.24, 2.45) is 5.73 Å². The molecule has 0 spiro atoms. The van der Waals surface area contributed by atoms with E-state index >= 15 is 0 Å². The largest absolute Gasteiger partial charge is 0.471 e. The summed E-state index contributed by atoms with van der Waals surface area (Å²) in [4.78, 5) is 29.9. The number of halogens is 1. The zero-order chi connectivity index (χ0) is 21.0. The molecule has 0 atom stereocenters. The zero-order valence-electron chi connectivity index (χ0n) is 16.1. The number of hydrogen-bond acceptors (Lipinski definition) is 5. The van der Waals surface area contributed by atoms with E-state index in [4.69, 9.17) is 20.0 Å². The minimum atomic E-state index is -0.616. The lowest BCUT2D eigenvalue weighted by atomic mass is 10.1. The van der Waals surface area contributed by atoms with Crippen molar-refractivity contribution in [3.63, 3.8) is 0 Å². The summed E-state index contributed by atoms with van der Waals surface area (Å²) in [6.45, 7) is 2.34. The number of hydrogen-bond donors (Lipinski definition) is 1. The van der Waals surface area contributed by atoms with E-state index in [1.165, 1.54) is 36.1 Å². The van der Waals surface area contributed by atoms with E-state index in [0.717, 1.165) is 0 Å². The second-order valence-electron chi connectivity index (χ2n) is 6.31. The molecule has 1 amide bonds.